The Morgan fingerprint density at radius 1 is 1.62 bits per heavy atom. The lowest BCUT2D eigenvalue weighted by molar-refractivity contribution is -0.140. The summed E-state index contributed by atoms with van der Waals surface area (Å²) in [5.74, 6) is -0.259. The molecule has 0 radical (unpaired) electrons. The number of methoxy groups -OCH3 is 1. The van der Waals surface area contributed by atoms with E-state index in [-0.39, 0.29) is 11.1 Å². The first-order valence-corrected chi connectivity index (χ1v) is 4.12. The van der Waals surface area contributed by atoms with Crippen molar-refractivity contribution in [3.63, 3.8) is 0 Å². The van der Waals surface area contributed by atoms with E-state index in [9.17, 15) is 4.79 Å². The molecular weight excluding hydrogens is 190 g/mol. The van der Waals surface area contributed by atoms with Crippen LogP contribution in [0.1, 0.15) is 19.8 Å². The number of esters is 1. The van der Waals surface area contributed by atoms with Crippen molar-refractivity contribution in [3.8, 4) is 0 Å². The zero-order chi connectivity index (χ0) is 10.3. The van der Waals surface area contributed by atoms with E-state index < -0.39 is 0 Å². The number of carbonyl (C=O) groups excluding carboxylic acids is 1. The number of thiocarbonyl (C=S) groups is 1. The fourth-order valence-electron chi connectivity index (χ4n) is 0.591. The predicted octanol–water partition coefficient (Wildman–Crippen LogP) is 0.149. The number of carbonyl (C=O) groups is 1. The number of nitrogens with two attached hydrogens (primary N) is 1. The molecule has 0 saturated heterocycles. The van der Waals surface area contributed by atoms with E-state index in [4.69, 9.17) is 5.73 Å². The van der Waals surface area contributed by atoms with Crippen molar-refractivity contribution in [2.75, 3.05) is 7.11 Å². The van der Waals surface area contributed by atoms with Crippen LogP contribution in [0.4, 0.5) is 0 Å². The summed E-state index contributed by atoms with van der Waals surface area (Å²) in [6.07, 6.45) is 0.840. The molecule has 6 heteroatoms. The molecule has 0 aliphatic rings. The normalized spacial score (nSPS) is 10.8. The van der Waals surface area contributed by atoms with Crippen LogP contribution in [0, 0.1) is 0 Å². The molecule has 0 aliphatic heterocycles. The van der Waals surface area contributed by atoms with Gasteiger partial charge in [-0.1, -0.05) is 0 Å². The molecule has 0 heterocycles. The van der Waals surface area contributed by atoms with Gasteiger partial charge in [-0.25, -0.2) is 0 Å². The Labute approximate surface area is 82.3 Å². The van der Waals surface area contributed by atoms with E-state index in [0.29, 0.717) is 12.8 Å². The van der Waals surface area contributed by atoms with Crippen LogP contribution >= 0.6 is 12.2 Å². The minimum atomic E-state index is -0.259. The first-order chi connectivity index (χ1) is 6.06. The molecule has 0 aromatic rings. The predicted molar refractivity (Wildman–Crippen MR) is 54.3 cm³/mol. The standard InChI is InChI=1S/C7H13N3O2S/c1-5(9-10-7(8)13)3-4-6(11)12-2/h3-4H2,1-2H3,(H3,8,10,13). The highest BCUT2D eigenvalue weighted by atomic mass is 32.1. The van der Waals surface area contributed by atoms with Crippen LogP contribution in [0.3, 0.4) is 0 Å². The Morgan fingerprint density at radius 2 is 2.23 bits per heavy atom. The molecule has 74 valence electrons. The van der Waals surface area contributed by atoms with Gasteiger partial charge in [-0.05, 0) is 25.6 Å². The van der Waals surface area contributed by atoms with Crippen molar-refractivity contribution in [3.05, 3.63) is 0 Å². The summed E-state index contributed by atoms with van der Waals surface area (Å²) in [6, 6.07) is 0. The molecule has 0 bridgehead atoms. The third-order valence-corrected chi connectivity index (χ3v) is 1.37. The van der Waals surface area contributed by atoms with Crippen LogP contribution in [0.15, 0.2) is 5.10 Å². The largest absolute Gasteiger partial charge is 0.469 e. The molecule has 3 N–H and O–H groups in total. The maximum Gasteiger partial charge on any atom is 0.305 e. The Hall–Kier alpha value is -1.17. The second-order valence-electron chi connectivity index (χ2n) is 2.40. The molecule has 0 saturated carbocycles. The maximum absolute atomic E-state index is 10.7. The van der Waals surface area contributed by atoms with Crippen molar-refractivity contribution >= 4 is 29.0 Å². The summed E-state index contributed by atoms with van der Waals surface area (Å²) in [5, 5.41) is 3.93. The highest BCUT2D eigenvalue weighted by Crippen LogP contribution is 1.93. The first-order valence-electron chi connectivity index (χ1n) is 3.71. The average molecular weight is 203 g/mol. The van der Waals surface area contributed by atoms with Gasteiger partial charge < -0.3 is 10.5 Å². The quantitative estimate of drug-likeness (QED) is 0.294. The number of nitrogens with zero attached hydrogens (tertiary/aromatic N) is 1. The van der Waals surface area contributed by atoms with Gasteiger partial charge in [0.15, 0.2) is 5.11 Å². The van der Waals surface area contributed by atoms with Gasteiger partial charge in [0, 0.05) is 5.71 Å². The second-order valence-corrected chi connectivity index (χ2v) is 2.84. The van der Waals surface area contributed by atoms with Gasteiger partial charge >= 0.3 is 5.97 Å². The van der Waals surface area contributed by atoms with Gasteiger partial charge in [-0.2, -0.15) is 5.10 Å². The molecule has 5 nitrogen and oxygen atoms in total. The van der Waals surface area contributed by atoms with Crippen LogP contribution in [0.2, 0.25) is 0 Å². The van der Waals surface area contributed by atoms with Crippen molar-refractivity contribution in [1.82, 2.24) is 5.43 Å². The highest BCUT2D eigenvalue weighted by Gasteiger charge is 2.00. The van der Waals surface area contributed by atoms with Crippen molar-refractivity contribution in [2.45, 2.75) is 19.8 Å². The molecular formula is C7H13N3O2S. The molecule has 0 aromatic heterocycles. The molecule has 13 heavy (non-hydrogen) atoms. The lowest BCUT2D eigenvalue weighted by atomic mass is 10.2. The van der Waals surface area contributed by atoms with E-state index in [1.807, 2.05) is 0 Å². The van der Waals surface area contributed by atoms with E-state index >= 15 is 0 Å². The second kappa shape index (κ2) is 6.36. The third kappa shape index (κ3) is 7.20. The monoisotopic (exact) mass is 203 g/mol. The van der Waals surface area contributed by atoms with Crippen LogP contribution in [-0.2, 0) is 9.53 Å². The molecule has 0 unspecified atom stereocenters. The molecule has 0 spiro atoms. The topological polar surface area (TPSA) is 76.7 Å². The van der Waals surface area contributed by atoms with Crippen molar-refractivity contribution in [2.24, 2.45) is 10.8 Å². The zero-order valence-electron chi connectivity index (χ0n) is 7.66. The van der Waals surface area contributed by atoms with Crippen LogP contribution in [-0.4, -0.2) is 23.9 Å². The van der Waals surface area contributed by atoms with E-state index in [1.165, 1.54) is 7.11 Å². The van der Waals surface area contributed by atoms with E-state index in [1.54, 1.807) is 6.92 Å². The SMILES string of the molecule is COC(=O)CCC(C)=NNC(N)=S. The fraction of sp³-hybridized carbons (Fsp3) is 0.571. The number of hydrogen-bond acceptors (Lipinski definition) is 4. The van der Waals surface area contributed by atoms with Gasteiger partial charge in [-0.3, -0.25) is 10.2 Å². The van der Waals surface area contributed by atoms with Crippen molar-refractivity contribution < 1.29 is 9.53 Å². The summed E-state index contributed by atoms with van der Waals surface area (Å²) >= 11 is 4.54. The summed E-state index contributed by atoms with van der Waals surface area (Å²) < 4.78 is 4.46. The number of ether oxygens (including phenoxy) is 1. The van der Waals surface area contributed by atoms with E-state index in [0.717, 1.165) is 5.71 Å². The summed E-state index contributed by atoms with van der Waals surface area (Å²) in [5.41, 5.74) is 8.32. The number of nitrogens with one attached hydrogen (secondary N) is 1. The van der Waals surface area contributed by atoms with Gasteiger partial charge in [0.1, 0.15) is 0 Å². The van der Waals surface area contributed by atoms with Crippen LogP contribution in [0.5, 0.6) is 0 Å². The Balaban J connectivity index is 3.73. The lowest BCUT2D eigenvalue weighted by Crippen LogP contribution is -2.25. The zero-order valence-corrected chi connectivity index (χ0v) is 8.48. The lowest BCUT2D eigenvalue weighted by Gasteiger charge is -2.00. The number of hydrogen-bond donors (Lipinski definition) is 2. The van der Waals surface area contributed by atoms with Crippen molar-refractivity contribution in [1.29, 1.82) is 0 Å². The highest BCUT2D eigenvalue weighted by molar-refractivity contribution is 7.80. The minimum absolute atomic E-state index is 0.109. The van der Waals surface area contributed by atoms with Crippen LogP contribution < -0.4 is 11.2 Å². The summed E-state index contributed by atoms with van der Waals surface area (Å²) in [7, 11) is 1.35. The Kier molecular flexibility index (Phi) is 5.79. The van der Waals surface area contributed by atoms with Gasteiger partial charge in [-0.15, -0.1) is 0 Å². The molecule has 0 rings (SSSR count). The Bertz CT molecular complexity index is 228. The minimum Gasteiger partial charge on any atom is -0.469 e. The number of rotatable bonds is 4. The van der Waals surface area contributed by atoms with Crippen LogP contribution in [0.25, 0.3) is 0 Å². The molecule has 0 aliphatic carbocycles. The summed E-state index contributed by atoms with van der Waals surface area (Å²) in [4.78, 5) is 10.7. The number of hydrazone groups is 1. The average Bonchev–Trinajstić information content (AvgIpc) is 2.10. The van der Waals surface area contributed by atoms with E-state index in [2.05, 4.69) is 27.5 Å². The fourth-order valence-corrected chi connectivity index (χ4v) is 0.637. The van der Waals surface area contributed by atoms with Gasteiger partial charge in [0.05, 0.1) is 13.5 Å². The third-order valence-electron chi connectivity index (χ3n) is 1.28. The maximum atomic E-state index is 10.7. The molecule has 0 atom stereocenters. The molecule has 0 aromatic carbocycles. The van der Waals surface area contributed by atoms with Gasteiger partial charge in [0.2, 0.25) is 0 Å². The first kappa shape index (κ1) is 11.8. The van der Waals surface area contributed by atoms with Gasteiger partial charge in [0.25, 0.3) is 0 Å². The molecule has 0 fully saturated rings. The molecule has 0 amide bonds. The smallest absolute Gasteiger partial charge is 0.305 e. The summed E-state index contributed by atoms with van der Waals surface area (Å²) in [6.45, 7) is 1.77. The Morgan fingerprint density at radius 3 is 2.69 bits per heavy atom.